The van der Waals surface area contributed by atoms with Crippen LogP contribution in [-0.2, 0) is 0 Å². The van der Waals surface area contributed by atoms with Gasteiger partial charge in [0.1, 0.15) is 0 Å². The Kier molecular flexibility index (Phi) is 4.73. The zero-order valence-electron chi connectivity index (χ0n) is 12.1. The summed E-state index contributed by atoms with van der Waals surface area (Å²) in [6, 6.07) is 5.18. The maximum Gasteiger partial charge on any atom is 0.404 e. The molecule has 8 heteroatoms. The van der Waals surface area contributed by atoms with Gasteiger partial charge in [0.2, 0.25) is 11.7 Å². The number of hydrogen-bond acceptors (Lipinski definition) is 4. The summed E-state index contributed by atoms with van der Waals surface area (Å²) >= 11 is 11.9. The predicted octanol–water partition coefficient (Wildman–Crippen LogP) is 4.34. The smallest absolute Gasteiger partial charge is 0.404 e. The van der Waals surface area contributed by atoms with Crippen LogP contribution in [0.4, 0.5) is 4.79 Å². The highest BCUT2D eigenvalue weighted by Gasteiger charge is 2.27. The van der Waals surface area contributed by atoms with Gasteiger partial charge < -0.3 is 14.9 Å². The molecule has 1 amide bonds. The second-order valence-electron chi connectivity index (χ2n) is 5.58. The van der Waals surface area contributed by atoms with Gasteiger partial charge in [-0.2, -0.15) is 4.98 Å². The van der Waals surface area contributed by atoms with Crippen LogP contribution in [0.15, 0.2) is 22.7 Å². The van der Waals surface area contributed by atoms with E-state index in [9.17, 15) is 4.79 Å². The molecule has 0 saturated heterocycles. The van der Waals surface area contributed by atoms with E-state index in [4.69, 9.17) is 32.8 Å². The molecule has 0 aliphatic heterocycles. The summed E-state index contributed by atoms with van der Waals surface area (Å²) in [5, 5.41) is 16.2. The Morgan fingerprint density at radius 2 is 1.96 bits per heavy atom. The lowest BCUT2D eigenvalue weighted by atomic mass is 9.86. The SMILES string of the molecule is O=C(O)NC1CCC(c2nc(-c3ccc(Cl)c(Cl)c3)no2)CC1. The lowest BCUT2D eigenvalue weighted by molar-refractivity contribution is 0.183. The Morgan fingerprint density at radius 3 is 2.61 bits per heavy atom. The van der Waals surface area contributed by atoms with Crippen LogP contribution in [0.1, 0.15) is 37.5 Å². The van der Waals surface area contributed by atoms with Gasteiger partial charge in [-0.1, -0.05) is 28.4 Å². The van der Waals surface area contributed by atoms with Crippen LogP contribution in [-0.4, -0.2) is 27.4 Å². The highest BCUT2D eigenvalue weighted by atomic mass is 35.5. The third-order valence-electron chi connectivity index (χ3n) is 4.02. The molecule has 3 rings (SSSR count). The van der Waals surface area contributed by atoms with Crippen LogP contribution in [0.5, 0.6) is 0 Å². The predicted molar refractivity (Wildman–Crippen MR) is 85.9 cm³/mol. The molecule has 0 unspecified atom stereocenters. The molecular weight excluding hydrogens is 341 g/mol. The fourth-order valence-corrected chi connectivity index (χ4v) is 3.11. The number of aromatic nitrogens is 2. The molecule has 0 spiro atoms. The molecule has 2 N–H and O–H groups in total. The normalized spacial score (nSPS) is 21.1. The van der Waals surface area contributed by atoms with Crippen LogP contribution in [0.2, 0.25) is 10.0 Å². The first-order valence-corrected chi connectivity index (χ1v) is 8.07. The lowest BCUT2D eigenvalue weighted by Crippen LogP contribution is -2.36. The average Bonchev–Trinajstić information content (AvgIpc) is 3.00. The minimum Gasteiger partial charge on any atom is -0.465 e. The number of nitrogens with zero attached hydrogens (tertiary/aromatic N) is 2. The van der Waals surface area contributed by atoms with E-state index in [0.717, 1.165) is 31.2 Å². The summed E-state index contributed by atoms with van der Waals surface area (Å²) in [5.74, 6) is 1.22. The third-order valence-corrected chi connectivity index (χ3v) is 4.76. The monoisotopic (exact) mass is 355 g/mol. The Bertz CT molecular complexity index is 712. The minimum absolute atomic E-state index is 0.00112. The zero-order valence-corrected chi connectivity index (χ0v) is 13.6. The number of benzene rings is 1. The molecule has 1 aliphatic carbocycles. The van der Waals surface area contributed by atoms with Crippen LogP contribution in [0.3, 0.4) is 0 Å². The van der Waals surface area contributed by atoms with Crippen LogP contribution < -0.4 is 5.32 Å². The number of carbonyl (C=O) groups is 1. The van der Waals surface area contributed by atoms with Gasteiger partial charge in [0.15, 0.2) is 0 Å². The van der Waals surface area contributed by atoms with Crippen molar-refractivity contribution in [1.82, 2.24) is 15.5 Å². The van der Waals surface area contributed by atoms with Crippen molar-refractivity contribution < 1.29 is 14.4 Å². The fourth-order valence-electron chi connectivity index (χ4n) is 2.81. The molecule has 0 bridgehead atoms. The van der Waals surface area contributed by atoms with E-state index in [2.05, 4.69) is 15.5 Å². The third kappa shape index (κ3) is 3.76. The molecule has 1 aromatic carbocycles. The van der Waals surface area contributed by atoms with Crippen molar-refractivity contribution >= 4 is 29.3 Å². The number of carboxylic acid groups (broad SMARTS) is 1. The zero-order chi connectivity index (χ0) is 16.4. The number of halogens is 2. The number of hydrogen-bond donors (Lipinski definition) is 2. The van der Waals surface area contributed by atoms with Crippen molar-refractivity contribution in [3.8, 4) is 11.4 Å². The van der Waals surface area contributed by atoms with Gasteiger partial charge in [-0.15, -0.1) is 0 Å². The Morgan fingerprint density at radius 1 is 1.22 bits per heavy atom. The summed E-state index contributed by atoms with van der Waals surface area (Å²) < 4.78 is 5.37. The molecule has 1 aliphatic rings. The summed E-state index contributed by atoms with van der Waals surface area (Å²) in [4.78, 5) is 15.1. The molecule has 23 heavy (non-hydrogen) atoms. The Balaban J connectivity index is 1.68. The molecule has 1 heterocycles. The van der Waals surface area contributed by atoms with Crippen molar-refractivity contribution in [2.24, 2.45) is 0 Å². The molecule has 1 saturated carbocycles. The van der Waals surface area contributed by atoms with E-state index in [0.29, 0.717) is 21.8 Å². The quantitative estimate of drug-likeness (QED) is 0.854. The fraction of sp³-hybridized carbons (Fsp3) is 0.400. The molecule has 2 aromatic rings. The van der Waals surface area contributed by atoms with Gasteiger partial charge in [-0.05, 0) is 43.9 Å². The molecule has 6 nitrogen and oxygen atoms in total. The van der Waals surface area contributed by atoms with Crippen LogP contribution in [0.25, 0.3) is 11.4 Å². The first-order valence-electron chi connectivity index (χ1n) is 7.31. The van der Waals surface area contributed by atoms with E-state index < -0.39 is 6.09 Å². The summed E-state index contributed by atoms with van der Waals surface area (Å²) in [5.41, 5.74) is 0.746. The van der Waals surface area contributed by atoms with Crippen molar-refractivity contribution in [2.45, 2.75) is 37.6 Å². The van der Waals surface area contributed by atoms with Gasteiger partial charge >= 0.3 is 6.09 Å². The summed E-state index contributed by atoms with van der Waals surface area (Å²) in [6.07, 6.45) is 2.18. The molecule has 0 radical (unpaired) electrons. The number of nitrogens with one attached hydrogen (secondary N) is 1. The van der Waals surface area contributed by atoms with E-state index in [1.807, 2.05) is 0 Å². The Labute approximate surface area is 142 Å². The first-order chi connectivity index (χ1) is 11.0. The van der Waals surface area contributed by atoms with Crippen molar-refractivity contribution in [1.29, 1.82) is 0 Å². The maximum absolute atomic E-state index is 10.7. The molecule has 1 fully saturated rings. The highest BCUT2D eigenvalue weighted by molar-refractivity contribution is 6.42. The molecule has 1 aromatic heterocycles. The molecule has 0 atom stereocenters. The summed E-state index contributed by atoms with van der Waals surface area (Å²) in [7, 11) is 0. The number of amides is 1. The lowest BCUT2D eigenvalue weighted by Gasteiger charge is -2.25. The van der Waals surface area contributed by atoms with E-state index in [1.54, 1.807) is 18.2 Å². The Hall–Kier alpha value is -1.79. The molecular formula is C15H15Cl2N3O3. The minimum atomic E-state index is -0.979. The average molecular weight is 356 g/mol. The topological polar surface area (TPSA) is 88.2 Å². The van der Waals surface area contributed by atoms with Crippen LogP contribution in [0, 0.1) is 0 Å². The summed E-state index contributed by atoms with van der Waals surface area (Å²) in [6.45, 7) is 0. The van der Waals surface area contributed by atoms with Crippen molar-refractivity contribution in [3.05, 3.63) is 34.1 Å². The van der Waals surface area contributed by atoms with Gasteiger partial charge in [0.25, 0.3) is 0 Å². The van der Waals surface area contributed by atoms with Gasteiger partial charge in [-0.3, -0.25) is 0 Å². The van der Waals surface area contributed by atoms with Gasteiger partial charge in [-0.25, -0.2) is 4.79 Å². The second-order valence-corrected chi connectivity index (χ2v) is 6.40. The van der Waals surface area contributed by atoms with Gasteiger partial charge in [0, 0.05) is 17.5 Å². The highest BCUT2D eigenvalue weighted by Crippen LogP contribution is 2.33. The van der Waals surface area contributed by atoms with E-state index >= 15 is 0 Å². The standard InChI is InChI=1S/C15H15Cl2N3O3/c16-11-6-3-9(7-12(11)17)13-19-14(23-20-13)8-1-4-10(5-2-8)18-15(21)22/h3,6-8,10,18H,1-2,4-5H2,(H,21,22). The van der Waals surface area contributed by atoms with Gasteiger partial charge in [0.05, 0.1) is 10.0 Å². The van der Waals surface area contributed by atoms with Crippen LogP contribution >= 0.6 is 23.2 Å². The largest absolute Gasteiger partial charge is 0.465 e. The van der Waals surface area contributed by atoms with Crippen molar-refractivity contribution in [2.75, 3.05) is 0 Å². The molecule has 122 valence electrons. The second kappa shape index (κ2) is 6.76. The van der Waals surface area contributed by atoms with E-state index in [-0.39, 0.29) is 12.0 Å². The maximum atomic E-state index is 10.7. The van der Waals surface area contributed by atoms with E-state index in [1.165, 1.54) is 0 Å². The van der Waals surface area contributed by atoms with Crippen molar-refractivity contribution in [3.63, 3.8) is 0 Å². The first kappa shape index (κ1) is 16.1. The number of rotatable bonds is 3.